The lowest BCUT2D eigenvalue weighted by atomic mass is 10.0. The summed E-state index contributed by atoms with van der Waals surface area (Å²) in [7, 11) is 1.82. The normalized spacial score (nSPS) is 33.6. The van der Waals surface area contributed by atoms with Gasteiger partial charge < -0.3 is 10.6 Å². The molecule has 3 heteroatoms. The minimum absolute atomic E-state index is 0.0381. The Labute approximate surface area is 61.2 Å². The van der Waals surface area contributed by atoms with Gasteiger partial charge in [0.2, 0.25) is 5.91 Å². The molecule has 0 spiro atoms. The Morgan fingerprint density at radius 3 is 2.80 bits per heavy atom. The van der Waals surface area contributed by atoms with E-state index in [2.05, 4.69) is 10.6 Å². The monoisotopic (exact) mass is 142 g/mol. The van der Waals surface area contributed by atoms with Gasteiger partial charge in [-0.25, -0.2) is 0 Å². The van der Waals surface area contributed by atoms with Gasteiger partial charge in [0.25, 0.3) is 0 Å². The molecule has 0 aromatic rings. The van der Waals surface area contributed by atoms with Crippen molar-refractivity contribution >= 4 is 5.91 Å². The van der Waals surface area contributed by atoms with Gasteiger partial charge in [-0.2, -0.15) is 0 Å². The zero-order chi connectivity index (χ0) is 7.56. The van der Waals surface area contributed by atoms with E-state index >= 15 is 0 Å². The fourth-order valence-electron chi connectivity index (χ4n) is 1.24. The molecule has 1 aliphatic rings. The highest BCUT2D eigenvalue weighted by molar-refractivity contribution is 5.82. The summed E-state index contributed by atoms with van der Waals surface area (Å²) < 4.78 is 0. The highest BCUT2D eigenvalue weighted by Gasteiger charge is 2.23. The molecular formula is C7H14N2O. The van der Waals surface area contributed by atoms with Crippen LogP contribution in [0.5, 0.6) is 0 Å². The Hall–Kier alpha value is -0.570. The molecule has 2 atom stereocenters. The first-order valence-electron chi connectivity index (χ1n) is 3.71. The van der Waals surface area contributed by atoms with E-state index in [1.807, 2.05) is 14.0 Å². The Bertz CT molecular complexity index is 136. The number of nitrogens with one attached hydrogen (secondary N) is 2. The van der Waals surface area contributed by atoms with Crippen LogP contribution in [0.15, 0.2) is 0 Å². The summed E-state index contributed by atoms with van der Waals surface area (Å²) in [6.45, 7) is 2.03. The molecule has 2 N–H and O–H groups in total. The van der Waals surface area contributed by atoms with Gasteiger partial charge in [0, 0.05) is 6.04 Å². The van der Waals surface area contributed by atoms with Crippen LogP contribution in [0.4, 0.5) is 0 Å². The molecule has 1 rings (SSSR count). The average molecular weight is 142 g/mol. The van der Waals surface area contributed by atoms with Crippen molar-refractivity contribution in [3.8, 4) is 0 Å². The predicted octanol–water partition coefficient (Wildman–Crippen LogP) is -0.127. The molecule has 1 heterocycles. The summed E-state index contributed by atoms with van der Waals surface area (Å²) in [6, 6.07) is 0.397. The van der Waals surface area contributed by atoms with Crippen molar-refractivity contribution in [2.45, 2.75) is 31.8 Å². The van der Waals surface area contributed by atoms with Gasteiger partial charge in [0.1, 0.15) is 0 Å². The third-order valence-corrected chi connectivity index (χ3v) is 1.94. The van der Waals surface area contributed by atoms with Gasteiger partial charge in [-0.3, -0.25) is 4.79 Å². The fraction of sp³-hybridized carbons (Fsp3) is 0.857. The van der Waals surface area contributed by atoms with E-state index in [0.29, 0.717) is 6.04 Å². The van der Waals surface area contributed by atoms with Crippen LogP contribution >= 0.6 is 0 Å². The second kappa shape index (κ2) is 3.01. The molecule has 1 fully saturated rings. The molecule has 1 amide bonds. The minimum Gasteiger partial charge on any atom is -0.352 e. The smallest absolute Gasteiger partial charge is 0.237 e. The first kappa shape index (κ1) is 7.54. The summed E-state index contributed by atoms with van der Waals surface area (Å²) in [6.07, 6.45) is 2.04. The van der Waals surface area contributed by atoms with E-state index in [4.69, 9.17) is 0 Å². The van der Waals surface area contributed by atoms with Gasteiger partial charge in [-0.05, 0) is 26.8 Å². The van der Waals surface area contributed by atoms with Gasteiger partial charge in [0.15, 0.2) is 0 Å². The van der Waals surface area contributed by atoms with E-state index in [9.17, 15) is 4.79 Å². The molecule has 1 aliphatic heterocycles. The topological polar surface area (TPSA) is 41.1 Å². The SMILES string of the molecule is CN[C@@H]1CC[C@H](C)NC1=O. The molecule has 0 aromatic heterocycles. The Morgan fingerprint density at radius 1 is 1.60 bits per heavy atom. The highest BCUT2D eigenvalue weighted by atomic mass is 16.2. The summed E-state index contributed by atoms with van der Waals surface area (Å²) in [4.78, 5) is 11.1. The number of carbonyl (C=O) groups excluding carboxylic acids is 1. The van der Waals surface area contributed by atoms with Crippen molar-refractivity contribution in [3.63, 3.8) is 0 Å². The number of likely N-dealkylation sites (N-methyl/N-ethyl adjacent to an activating group) is 1. The number of hydrogen-bond acceptors (Lipinski definition) is 2. The van der Waals surface area contributed by atoms with Crippen molar-refractivity contribution in [3.05, 3.63) is 0 Å². The van der Waals surface area contributed by atoms with Crippen LogP contribution in [0.3, 0.4) is 0 Å². The molecule has 0 saturated carbocycles. The van der Waals surface area contributed by atoms with Crippen molar-refractivity contribution in [2.24, 2.45) is 0 Å². The van der Waals surface area contributed by atoms with Crippen molar-refractivity contribution in [1.29, 1.82) is 0 Å². The van der Waals surface area contributed by atoms with E-state index in [0.717, 1.165) is 12.8 Å². The van der Waals surface area contributed by atoms with Crippen LogP contribution in [0, 0.1) is 0 Å². The molecule has 0 bridgehead atoms. The van der Waals surface area contributed by atoms with Gasteiger partial charge in [0.05, 0.1) is 6.04 Å². The average Bonchev–Trinajstić information content (AvgIpc) is 1.88. The van der Waals surface area contributed by atoms with Crippen LogP contribution in [0.2, 0.25) is 0 Å². The van der Waals surface area contributed by atoms with E-state index in [-0.39, 0.29) is 11.9 Å². The van der Waals surface area contributed by atoms with E-state index < -0.39 is 0 Å². The Kier molecular flexibility index (Phi) is 2.27. The zero-order valence-corrected chi connectivity index (χ0v) is 6.48. The molecule has 10 heavy (non-hydrogen) atoms. The second-order valence-corrected chi connectivity index (χ2v) is 2.83. The zero-order valence-electron chi connectivity index (χ0n) is 6.48. The molecule has 0 radical (unpaired) electrons. The lowest BCUT2D eigenvalue weighted by Crippen LogP contribution is -2.50. The molecule has 0 aliphatic carbocycles. The molecule has 0 unspecified atom stereocenters. The third-order valence-electron chi connectivity index (χ3n) is 1.94. The number of amides is 1. The molecule has 0 aromatic carbocycles. The van der Waals surface area contributed by atoms with Crippen LogP contribution in [0.25, 0.3) is 0 Å². The van der Waals surface area contributed by atoms with Gasteiger partial charge >= 0.3 is 0 Å². The van der Waals surface area contributed by atoms with Crippen LogP contribution in [0.1, 0.15) is 19.8 Å². The van der Waals surface area contributed by atoms with Crippen LogP contribution in [-0.2, 0) is 4.79 Å². The molecule has 1 saturated heterocycles. The Morgan fingerprint density at radius 2 is 2.30 bits per heavy atom. The second-order valence-electron chi connectivity index (χ2n) is 2.83. The number of rotatable bonds is 1. The highest BCUT2D eigenvalue weighted by Crippen LogP contribution is 2.07. The van der Waals surface area contributed by atoms with Crippen LogP contribution < -0.4 is 10.6 Å². The molecule has 3 nitrogen and oxygen atoms in total. The van der Waals surface area contributed by atoms with Crippen molar-refractivity contribution in [1.82, 2.24) is 10.6 Å². The standard InChI is InChI=1S/C7H14N2O/c1-5-3-4-6(8-2)7(10)9-5/h5-6,8H,3-4H2,1-2H3,(H,9,10)/t5-,6+/m0/s1. The van der Waals surface area contributed by atoms with Crippen molar-refractivity contribution < 1.29 is 4.79 Å². The Balaban J connectivity index is 2.43. The minimum atomic E-state index is 0.0381. The van der Waals surface area contributed by atoms with Gasteiger partial charge in [-0.1, -0.05) is 0 Å². The number of hydrogen-bond donors (Lipinski definition) is 2. The van der Waals surface area contributed by atoms with Crippen LogP contribution in [-0.4, -0.2) is 25.0 Å². The largest absolute Gasteiger partial charge is 0.352 e. The maximum Gasteiger partial charge on any atom is 0.237 e. The first-order valence-corrected chi connectivity index (χ1v) is 3.71. The summed E-state index contributed by atoms with van der Waals surface area (Å²) in [5.41, 5.74) is 0. The van der Waals surface area contributed by atoms with E-state index in [1.54, 1.807) is 0 Å². The van der Waals surface area contributed by atoms with Gasteiger partial charge in [-0.15, -0.1) is 0 Å². The fourth-order valence-corrected chi connectivity index (χ4v) is 1.24. The van der Waals surface area contributed by atoms with Crippen molar-refractivity contribution in [2.75, 3.05) is 7.05 Å². The molecule has 58 valence electrons. The maximum absolute atomic E-state index is 11.1. The lowest BCUT2D eigenvalue weighted by molar-refractivity contribution is -0.125. The first-order chi connectivity index (χ1) is 4.74. The number of carbonyl (C=O) groups is 1. The maximum atomic E-state index is 11.1. The lowest BCUT2D eigenvalue weighted by Gasteiger charge is -2.26. The summed E-state index contributed by atoms with van der Waals surface area (Å²) in [5, 5.41) is 5.84. The van der Waals surface area contributed by atoms with E-state index in [1.165, 1.54) is 0 Å². The summed E-state index contributed by atoms with van der Waals surface area (Å²) in [5.74, 6) is 0.140. The quantitative estimate of drug-likeness (QED) is 0.535. The molecular weight excluding hydrogens is 128 g/mol. The third kappa shape index (κ3) is 1.48. The summed E-state index contributed by atoms with van der Waals surface area (Å²) >= 11 is 0. The number of piperidine rings is 1. The predicted molar refractivity (Wildman–Crippen MR) is 39.7 cm³/mol.